The van der Waals surface area contributed by atoms with Gasteiger partial charge in [-0.15, -0.1) is 0 Å². The normalized spacial score (nSPS) is 19.4. The Labute approximate surface area is 127 Å². The molecule has 1 aliphatic rings. The van der Waals surface area contributed by atoms with Crippen molar-refractivity contribution < 1.29 is 4.79 Å². The van der Waals surface area contributed by atoms with E-state index in [0.717, 1.165) is 36.9 Å². The third kappa shape index (κ3) is 4.06. The Morgan fingerprint density at radius 1 is 1.60 bits per heavy atom. The van der Waals surface area contributed by atoms with Crippen LogP contribution < -0.4 is 5.32 Å². The van der Waals surface area contributed by atoms with Crippen LogP contribution in [0.15, 0.2) is 22.7 Å². The second-order valence-electron chi connectivity index (χ2n) is 5.19. The molecule has 1 aromatic carbocycles. The molecular weight excluding hydrogens is 318 g/mol. The lowest BCUT2D eigenvalue weighted by Crippen LogP contribution is -2.46. The first-order valence-corrected chi connectivity index (χ1v) is 7.56. The average Bonchev–Trinajstić information content (AvgIpc) is 2.41. The van der Waals surface area contributed by atoms with E-state index in [0.29, 0.717) is 5.56 Å². The molecule has 5 heteroatoms. The van der Waals surface area contributed by atoms with Crippen LogP contribution in [0.3, 0.4) is 0 Å². The first-order chi connectivity index (χ1) is 9.58. The summed E-state index contributed by atoms with van der Waals surface area (Å²) in [6.45, 7) is 4.33. The van der Waals surface area contributed by atoms with E-state index in [9.17, 15) is 4.79 Å². The van der Waals surface area contributed by atoms with Gasteiger partial charge in [-0.25, -0.2) is 0 Å². The van der Waals surface area contributed by atoms with Crippen molar-refractivity contribution >= 4 is 21.8 Å². The lowest BCUT2D eigenvalue weighted by atomic mass is 10.0. The number of carbonyl (C=O) groups excluding carboxylic acids is 1. The predicted octanol–water partition coefficient (Wildman–Crippen LogP) is 2.42. The molecule has 1 saturated heterocycles. The Kier molecular flexibility index (Phi) is 5.16. The largest absolute Gasteiger partial charge is 0.352 e. The van der Waals surface area contributed by atoms with E-state index in [4.69, 9.17) is 5.26 Å². The van der Waals surface area contributed by atoms with Crippen LogP contribution in [-0.2, 0) is 11.3 Å². The molecule has 1 N–H and O–H groups in total. The minimum absolute atomic E-state index is 0.0383. The number of nitriles is 1. The number of hydrogen-bond acceptors (Lipinski definition) is 3. The molecule has 1 atom stereocenters. The second kappa shape index (κ2) is 6.87. The Bertz CT molecular complexity index is 538. The van der Waals surface area contributed by atoms with Crippen LogP contribution in [0.5, 0.6) is 0 Å². The van der Waals surface area contributed by atoms with Crippen molar-refractivity contribution in [2.24, 2.45) is 0 Å². The van der Waals surface area contributed by atoms with Gasteiger partial charge in [0.2, 0.25) is 5.91 Å². The third-order valence-corrected chi connectivity index (χ3v) is 4.23. The van der Waals surface area contributed by atoms with Gasteiger partial charge in [-0.3, -0.25) is 9.69 Å². The molecule has 1 amide bonds. The zero-order chi connectivity index (χ0) is 14.5. The molecule has 0 radical (unpaired) electrons. The molecule has 4 nitrogen and oxygen atoms in total. The monoisotopic (exact) mass is 335 g/mol. The number of amides is 1. The molecule has 0 bridgehead atoms. The van der Waals surface area contributed by atoms with E-state index in [2.05, 4.69) is 32.2 Å². The zero-order valence-electron chi connectivity index (χ0n) is 11.5. The topological polar surface area (TPSA) is 56.1 Å². The summed E-state index contributed by atoms with van der Waals surface area (Å²) in [6, 6.07) is 8.07. The zero-order valence-corrected chi connectivity index (χ0v) is 13.1. The molecular formula is C15H18BrN3O. The maximum Gasteiger partial charge on any atom is 0.217 e. The highest BCUT2D eigenvalue weighted by Crippen LogP contribution is 2.22. The summed E-state index contributed by atoms with van der Waals surface area (Å²) in [5, 5.41) is 11.9. The second-order valence-corrected chi connectivity index (χ2v) is 6.05. The standard InChI is InChI=1S/C15H18BrN3O/c1-11(20)18-14-3-2-6-19(10-14)9-13-5-4-12(8-17)7-15(13)16/h4-5,7,14H,2-3,6,9-10H2,1H3,(H,18,20). The number of rotatable bonds is 3. The van der Waals surface area contributed by atoms with Crippen LogP contribution in [0.25, 0.3) is 0 Å². The number of piperidine rings is 1. The Hall–Kier alpha value is -1.38. The first-order valence-electron chi connectivity index (χ1n) is 6.76. The lowest BCUT2D eigenvalue weighted by Gasteiger charge is -2.33. The van der Waals surface area contributed by atoms with Gasteiger partial charge in [0.05, 0.1) is 11.6 Å². The van der Waals surface area contributed by atoms with Gasteiger partial charge < -0.3 is 5.32 Å². The number of halogens is 1. The Morgan fingerprint density at radius 2 is 2.40 bits per heavy atom. The summed E-state index contributed by atoms with van der Waals surface area (Å²) < 4.78 is 0.971. The minimum atomic E-state index is 0.0383. The van der Waals surface area contributed by atoms with E-state index in [-0.39, 0.29) is 11.9 Å². The molecule has 106 valence electrons. The van der Waals surface area contributed by atoms with Gasteiger partial charge in [0.25, 0.3) is 0 Å². The predicted molar refractivity (Wildman–Crippen MR) is 81.0 cm³/mol. The van der Waals surface area contributed by atoms with Crippen molar-refractivity contribution in [1.82, 2.24) is 10.2 Å². The van der Waals surface area contributed by atoms with Crippen LogP contribution in [0.1, 0.15) is 30.9 Å². The fourth-order valence-corrected chi connectivity index (χ4v) is 3.09. The quantitative estimate of drug-likeness (QED) is 0.922. The molecule has 0 spiro atoms. The molecule has 0 aromatic heterocycles. The first kappa shape index (κ1) is 15.0. The molecule has 1 aromatic rings. The molecule has 1 heterocycles. The molecule has 0 aliphatic carbocycles. The van der Waals surface area contributed by atoms with Crippen LogP contribution in [0.2, 0.25) is 0 Å². The fraction of sp³-hybridized carbons (Fsp3) is 0.467. The molecule has 2 rings (SSSR count). The number of nitrogens with zero attached hydrogens (tertiary/aromatic N) is 2. The van der Waals surface area contributed by atoms with E-state index >= 15 is 0 Å². The maximum atomic E-state index is 11.1. The summed E-state index contributed by atoms with van der Waals surface area (Å²) in [5.74, 6) is 0.0383. The average molecular weight is 336 g/mol. The van der Waals surface area contributed by atoms with E-state index in [1.807, 2.05) is 18.2 Å². The summed E-state index contributed by atoms with van der Waals surface area (Å²) in [6.07, 6.45) is 2.14. The van der Waals surface area contributed by atoms with Crippen molar-refractivity contribution in [1.29, 1.82) is 5.26 Å². The number of carbonyl (C=O) groups is 1. The van der Waals surface area contributed by atoms with Crippen molar-refractivity contribution in [3.8, 4) is 6.07 Å². The van der Waals surface area contributed by atoms with E-state index in [1.165, 1.54) is 5.56 Å². The van der Waals surface area contributed by atoms with Crippen LogP contribution >= 0.6 is 15.9 Å². The summed E-state index contributed by atoms with van der Waals surface area (Å²) >= 11 is 3.52. The number of hydrogen-bond donors (Lipinski definition) is 1. The number of benzene rings is 1. The highest BCUT2D eigenvalue weighted by atomic mass is 79.9. The Morgan fingerprint density at radius 3 is 3.05 bits per heavy atom. The van der Waals surface area contributed by atoms with Crippen molar-refractivity contribution in [3.63, 3.8) is 0 Å². The van der Waals surface area contributed by atoms with Gasteiger partial charge in [-0.05, 0) is 37.1 Å². The molecule has 1 aliphatic heterocycles. The smallest absolute Gasteiger partial charge is 0.217 e. The Balaban J connectivity index is 1.99. The highest BCUT2D eigenvalue weighted by molar-refractivity contribution is 9.10. The van der Waals surface area contributed by atoms with E-state index in [1.54, 1.807) is 6.92 Å². The van der Waals surface area contributed by atoms with Crippen molar-refractivity contribution in [2.75, 3.05) is 13.1 Å². The van der Waals surface area contributed by atoms with Crippen LogP contribution in [0.4, 0.5) is 0 Å². The maximum absolute atomic E-state index is 11.1. The molecule has 0 saturated carbocycles. The summed E-state index contributed by atoms with van der Waals surface area (Å²) in [4.78, 5) is 13.5. The lowest BCUT2D eigenvalue weighted by molar-refractivity contribution is -0.120. The van der Waals surface area contributed by atoms with Gasteiger partial charge in [-0.2, -0.15) is 5.26 Å². The summed E-state index contributed by atoms with van der Waals surface area (Å²) in [5.41, 5.74) is 1.84. The van der Waals surface area contributed by atoms with E-state index < -0.39 is 0 Å². The van der Waals surface area contributed by atoms with Crippen LogP contribution in [0, 0.1) is 11.3 Å². The van der Waals surface area contributed by atoms with Crippen molar-refractivity contribution in [3.05, 3.63) is 33.8 Å². The third-order valence-electron chi connectivity index (χ3n) is 3.49. The van der Waals surface area contributed by atoms with Gasteiger partial charge in [0.15, 0.2) is 0 Å². The van der Waals surface area contributed by atoms with Gasteiger partial charge in [0.1, 0.15) is 0 Å². The molecule has 1 fully saturated rings. The van der Waals surface area contributed by atoms with Crippen molar-refractivity contribution in [2.45, 2.75) is 32.4 Å². The molecule has 20 heavy (non-hydrogen) atoms. The fourth-order valence-electron chi connectivity index (χ4n) is 2.59. The number of nitrogens with one attached hydrogen (secondary N) is 1. The summed E-state index contributed by atoms with van der Waals surface area (Å²) in [7, 11) is 0. The van der Waals surface area contributed by atoms with Gasteiger partial charge in [0, 0.05) is 30.5 Å². The van der Waals surface area contributed by atoms with Crippen LogP contribution in [-0.4, -0.2) is 29.9 Å². The SMILES string of the molecule is CC(=O)NC1CCCN(Cc2ccc(C#N)cc2Br)C1. The van der Waals surface area contributed by atoms with Gasteiger partial charge >= 0.3 is 0 Å². The highest BCUT2D eigenvalue weighted by Gasteiger charge is 2.20. The number of likely N-dealkylation sites (tertiary alicyclic amines) is 1. The minimum Gasteiger partial charge on any atom is -0.352 e. The molecule has 1 unspecified atom stereocenters. The van der Waals surface area contributed by atoms with Gasteiger partial charge in [-0.1, -0.05) is 22.0 Å².